The fourth-order valence-electron chi connectivity index (χ4n) is 1.28. The van der Waals surface area contributed by atoms with E-state index in [1.54, 1.807) is 0 Å². The van der Waals surface area contributed by atoms with Gasteiger partial charge in [-0.1, -0.05) is 41.8 Å². The zero-order chi connectivity index (χ0) is 11.1. The van der Waals surface area contributed by atoms with Crippen molar-refractivity contribution < 1.29 is 4.74 Å². The highest BCUT2D eigenvalue weighted by atomic mass is 79.9. The largest absolute Gasteiger partial charge is 0.492 e. The normalized spacial score (nSPS) is 10.3. The van der Waals surface area contributed by atoms with Gasteiger partial charge in [-0.3, -0.25) is 0 Å². The average molecular weight is 336 g/mol. The van der Waals surface area contributed by atoms with Crippen molar-refractivity contribution in [1.82, 2.24) is 0 Å². The van der Waals surface area contributed by atoms with E-state index < -0.39 is 0 Å². The van der Waals surface area contributed by atoms with Crippen molar-refractivity contribution >= 4 is 31.9 Å². The first-order chi connectivity index (χ1) is 7.27. The maximum atomic E-state index is 5.68. The molecule has 0 aromatic heterocycles. The first-order valence-electron chi connectivity index (χ1n) is 5.25. The molecule has 0 aliphatic rings. The molecular weight excluding hydrogens is 320 g/mol. The van der Waals surface area contributed by atoms with Gasteiger partial charge in [-0.15, -0.1) is 0 Å². The van der Waals surface area contributed by atoms with Crippen LogP contribution in [0.4, 0.5) is 0 Å². The molecule has 0 aliphatic carbocycles. The number of hydrogen-bond donors (Lipinski definition) is 0. The third kappa shape index (κ3) is 4.56. The molecular formula is C12H16Br2O. The summed E-state index contributed by atoms with van der Waals surface area (Å²) >= 11 is 6.94. The Bertz CT molecular complexity index is 300. The second-order valence-corrected chi connectivity index (χ2v) is 4.87. The van der Waals surface area contributed by atoms with Gasteiger partial charge >= 0.3 is 0 Å². The van der Waals surface area contributed by atoms with Gasteiger partial charge in [0.15, 0.2) is 0 Å². The van der Waals surface area contributed by atoms with Gasteiger partial charge in [0.1, 0.15) is 5.75 Å². The van der Waals surface area contributed by atoms with Crippen LogP contribution in [0.15, 0.2) is 22.7 Å². The van der Waals surface area contributed by atoms with E-state index in [9.17, 15) is 0 Å². The molecule has 0 atom stereocenters. The van der Waals surface area contributed by atoms with E-state index in [1.807, 2.05) is 6.07 Å². The Hall–Kier alpha value is -0.0200. The van der Waals surface area contributed by atoms with Gasteiger partial charge in [0.05, 0.1) is 11.1 Å². The summed E-state index contributed by atoms with van der Waals surface area (Å²) < 4.78 is 6.71. The number of rotatable bonds is 6. The lowest BCUT2D eigenvalue weighted by molar-refractivity contribution is 0.304. The van der Waals surface area contributed by atoms with Gasteiger partial charge in [-0.25, -0.2) is 0 Å². The Balaban J connectivity index is 2.47. The second-order valence-electron chi connectivity index (χ2n) is 3.45. The SMILES string of the molecule is CCCCCOc1ccc(CBr)cc1Br. The minimum atomic E-state index is 0.806. The molecule has 0 saturated heterocycles. The van der Waals surface area contributed by atoms with E-state index in [-0.39, 0.29) is 0 Å². The molecule has 0 saturated carbocycles. The van der Waals surface area contributed by atoms with Crippen LogP contribution < -0.4 is 4.74 Å². The summed E-state index contributed by atoms with van der Waals surface area (Å²) in [5, 5.41) is 0.877. The molecule has 0 bridgehead atoms. The Kier molecular flexibility index (Phi) is 6.34. The predicted octanol–water partition coefficient (Wildman–Crippen LogP) is 4.91. The molecule has 0 radical (unpaired) electrons. The van der Waals surface area contributed by atoms with E-state index in [4.69, 9.17) is 4.74 Å². The molecule has 0 N–H and O–H groups in total. The Labute approximate surface area is 108 Å². The van der Waals surface area contributed by atoms with Crippen molar-refractivity contribution in [3.05, 3.63) is 28.2 Å². The molecule has 1 aromatic rings. The van der Waals surface area contributed by atoms with Crippen molar-refractivity contribution in [1.29, 1.82) is 0 Å². The van der Waals surface area contributed by atoms with Gasteiger partial charge in [0.25, 0.3) is 0 Å². The Morgan fingerprint density at radius 2 is 2.07 bits per heavy atom. The summed E-state index contributed by atoms with van der Waals surface area (Å²) in [5.74, 6) is 0.941. The molecule has 84 valence electrons. The van der Waals surface area contributed by atoms with Gasteiger partial charge in [0.2, 0.25) is 0 Å². The number of hydrogen-bond acceptors (Lipinski definition) is 1. The van der Waals surface area contributed by atoms with Crippen LogP contribution in [0.25, 0.3) is 0 Å². The van der Waals surface area contributed by atoms with Crippen LogP contribution in [-0.4, -0.2) is 6.61 Å². The van der Waals surface area contributed by atoms with Crippen LogP contribution in [0, 0.1) is 0 Å². The van der Waals surface area contributed by atoms with Crippen molar-refractivity contribution in [3.63, 3.8) is 0 Å². The molecule has 0 spiro atoms. The number of unbranched alkanes of at least 4 members (excludes halogenated alkanes) is 2. The van der Waals surface area contributed by atoms with E-state index >= 15 is 0 Å². The van der Waals surface area contributed by atoms with E-state index in [0.717, 1.165) is 28.6 Å². The van der Waals surface area contributed by atoms with Crippen LogP contribution in [0.5, 0.6) is 5.75 Å². The van der Waals surface area contributed by atoms with E-state index in [0.29, 0.717) is 0 Å². The monoisotopic (exact) mass is 334 g/mol. The molecule has 0 fully saturated rings. The first-order valence-corrected chi connectivity index (χ1v) is 7.16. The summed E-state index contributed by atoms with van der Waals surface area (Å²) in [6.07, 6.45) is 3.59. The maximum absolute atomic E-state index is 5.68. The molecule has 0 heterocycles. The molecule has 0 aliphatic heterocycles. The summed E-state index contributed by atoms with van der Waals surface area (Å²) in [6.45, 7) is 3.00. The van der Waals surface area contributed by atoms with Crippen LogP contribution in [-0.2, 0) is 5.33 Å². The van der Waals surface area contributed by atoms with E-state index in [1.165, 1.54) is 18.4 Å². The van der Waals surface area contributed by atoms with Gasteiger partial charge < -0.3 is 4.74 Å². The van der Waals surface area contributed by atoms with Gasteiger partial charge in [-0.05, 0) is 40.0 Å². The van der Waals surface area contributed by atoms with Crippen LogP contribution in [0.3, 0.4) is 0 Å². The standard InChI is InChI=1S/C12H16Br2O/c1-2-3-4-7-15-12-6-5-10(9-13)8-11(12)14/h5-6,8H,2-4,7,9H2,1H3. The van der Waals surface area contributed by atoms with E-state index in [2.05, 4.69) is 50.9 Å². The first kappa shape index (κ1) is 13.0. The third-order valence-corrected chi connectivity index (χ3v) is 3.42. The molecule has 0 amide bonds. The summed E-state index contributed by atoms with van der Waals surface area (Å²) in [4.78, 5) is 0. The molecule has 1 rings (SSSR count). The lowest BCUT2D eigenvalue weighted by Crippen LogP contribution is -1.97. The van der Waals surface area contributed by atoms with Gasteiger partial charge in [-0.2, -0.15) is 0 Å². The highest BCUT2D eigenvalue weighted by Crippen LogP contribution is 2.27. The quantitative estimate of drug-likeness (QED) is 0.530. The Morgan fingerprint density at radius 1 is 1.27 bits per heavy atom. The number of benzene rings is 1. The number of ether oxygens (including phenoxy) is 1. The Morgan fingerprint density at radius 3 is 2.67 bits per heavy atom. The number of halogens is 2. The fourth-order valence-corrected chi connectivity index (χ4v) is 2.17. The highest BCUT2D eigenvalue weighted by Gasteiger charge is 2.01. The fraction of sp³-hybridized carbons (Fsp3) is 0.500. The molecule has 15 heavy (non-hydrogen) atoms. The zero-order valence-electron chi connectivity index (χ0n) is 8.93. The molecule has 3 heteroatoms. The predicted molar refractivity (Wildman–Crippen MR) is 71.8 cm³/mol. The lowest BCUT2D eigenvalue weighted by Gasteiger charge is -2.08. The topological polar surface area (TPSA) is 9.23 Å². The highest BCUT2D eigenvalue weighted by molar-refractivity contribution is 9.10. The minimum Gasteiger partial charge on any atom is -0.492 e. The second kappa shape index (κ2) is 7.29. The summed E-state index contributed by atoms with van der Waals surface area (Å²) in [5.41, 5.74) is 1.25. The summed E-state index contributed by atoms with van der Waals surface area (Å²) in [6, 6.07) is 6.19. The maximum Gasteiger partial charge on any atom is 0.133 e. The summed E-state index contributed by atoms with van der Waals surface area (Å²) in [7, 11) is 0. The van der Waals surface area contributed by atoms with Crippen molar-refractivity contribution in [3.8, 4) is 5.75 Å². The molecule has 1 aromatic carbocycles. The average Bonchev–Trinajstić information content (AvgIpc) is 2.26. The van der Waals surface area contributed by atoms with Crippen LogP contribution in [0.2, 0.25) is 0 Å². The van der Waals surface area contributed by atoms with Crippen LogP contribution in [0.1, 0.15) is 31.7 Å². The number of alkyl halides is 1. The van der Waals surface area contributed by atoms with Crippen molar-refractivity contribution in [2.45, 2.75) is 31.5 Å². The van der Waals surface area contributed by atoms with Gasteiger partial charge in [0, 0.05) is 5.33 Å². The van der Waals surface area contributed by atoms with Crippen molar-refractivity contribution in [2.75, 3.05) is 6.61 Å². The molecule has 0 unspecified atom stereocenters. The van der Waals surface area contributed by atoms with Crippen molar-refractivity contribution in [2.24, 2.45) is 0 Å². The molecule has 1 nitrogen and oxygen atoms in total. The lowest BCUT2D eigenvalue weighted by atomic mass is 10.2. The zero-order valence-corrected chi connectivity index (χ0v) is 12.1. The third-order valence-electron chi connectivity index (χ3n) is 2.16. The smallest absolute Gasteiger partial charge is 0.133 e. The minimum absolute atomic E-state index is 0.806. The van der Waals surface area contributed by atoms with Crippen LogP contribution >= 0.6 is 31.9 Å².